The van der Waals surface area contributed by atoms with E-state index in [9.17, 15) is 4.79 Å². The van der Waals surface area contributed by atoms with Crippen LogP contribution in [0.1, 0.15) is 23.5 Å². The fraction of sp³-hybridized carbons (Fsp3) is 0.333. The summed E-state index contributed by atoms with van der Waals surface area (Å²) in [7, 11) is 0. The largest absolute Gasteiger partial charge is 0.355 e. The minimum absolute atomic E-state index is 0.0954. The lowest BCUT2D eigenvalue weighted by atomic mass is 9.96. The van der Waals surface area contributed by atoms with Crippen LogP contribution in [0.25, 0.3) is 0 Å². The second kappa shape index (κ2) is 6.74. The van der Waals surface area contributed by atoms with E-state index in [2.05, 4.69) is 5.32 Å². The minimum Gasteiger partial charge on any atom is -0.355 e. The Morgan fingerprint density at radius 2 is 2.06 bits per heavy atom. The van der Waals surface area contributed by atoms with E-state index in [0.717, 1.165) is 17.5 Å². The predicted molar refractivity (Wildman–Crippen MR) is 64.5 cm³/mol. The molecule has 0 aliphatic heterocycles. The fourth-order valence-corrected chi connectivity index (χ4v) is 1.57. The molecule has 0 radical (unpaired) electrons. The van der Waals surface area contributed by atoms with Gasteiger partial charge in [0, 0.05) is 18.7 Å². The second-order valence-electron chi connectivity index (χ2n) is 3.59. The molecule has 1 aromatic carbocycles. The van der Waals surface area contributed by atoms with Crippen molar-refractivity contribution in [2.24, 2.45) is 5.73 Å². The van der Waals surface area contributed by atoms with Gasteiger partial charge in [-0.2, -0.15) is 0 Å². The summed E-state index contributed by atoms with van der Waals surface area (Å²) >= 11 is 0. The Hall–Kier alpha value is -1.68. The molecule has 0 spiro atoms. The topological polar surface area (TPSA) is 79.0 Å². The zero-order valence-corrected chi connectivity index (χ0v) is 9.15. The van der Waals surface area contributed by atoms with Crippen molar-refractivity contribution in [1.29, 1.82) is 5.41 Å². The number of benzene rings is 1. The van der Waals surface area contributed by atoms with Gasteiger partial charge >= 0.3 is 0 Å². The van der Waals surface area contributed by atoms with Gasteiger partial charge in [0.1, 0.15) is 0 Å². The van der Waals surface area contributed by atoms with Gasteiger partial charge in [-0.3, -0.25) is 4.79 Å². The van der Waals surface area contributed by atoms with Crippen molar-refractivity contribution in [3.05, 3.63) is 35.4 Å². The molecule has 1 aromatic rings. The van der Waals surface area contributed by atoms with Crippen molar-refractivity contribution in [3.8, 4) is 0 Å². The van der Waals surface area contributed by atoms with Crippen LogP contribution < -0.4 is 11.1 Å². The number of carbonyl (C=O) groups excluding carboxylic acids is 1. The number of amides is 1. The molecule has 0 aromatic heterocycles. The second-order valence-corrected chi connectivity index (χ2v) is 3.59. The summed E-state index contributed by atoms with van der Waals surface area (Å²) in [5, 5.41) is 9.93. The Balaban J connectivity index is 2.68. The monoisotopic (exact) mass is 219 g/mol. The molecule has 4 N–H and O–H groups in total. The van der Waals surface area contributed by atoms with Crippen LogP contribution in [-0.2, 0) is 11.3 Å². The van der Waals surface area contributed by atoms with Crippen molar-refractivity contribution in [3.63, 3.8) is 0 Å². The SMILES string of the molecule is N=CC(CCN)c1ccc(CNC=O)cc1. The summed E-state index contributed by atoms with van der Waals surface area (Å²) in [6.07, 6.45) is 2.89. The molecule has 0 aliphatic carbocycles. The molecule has 1 unspecified atom stereocenters. The average molecular weight is 219 g/mol. The number of hydrogen-bond donors (Lipinski definition) is 3. The van der Waals surface area contributed by atoms with E-state index in [-0.39, 0.29) is 5.92 Å². The van der Waals surface area contributed by atoms with E-state index in [1.807, 2.05) is 24.3 Å². The van der Waals surface area contributed by atoms with Crippen LogP contribution in [0.2, 0.25) is 0 Å². The van der Waals surface area contributed by atoms with Crippen LogP contribution in [0.4, 0.5) is 0 Å². The Kier molecular flexibility index (Phi) is 5.22. The molecule has 86 valence electrons. The van der Waals surface area contributed by atoms with Gasteiger partial charge in [0.25, 0.3) is 0 Å². The normalized spacial score (nSPS) is 11.8. The minimum atomic E-state index is 0.0954. The maximum Gasteiger partial charge on any atom is 0.207 e. The molecule has 4 nitrogen and oxygen atoms in total. The van der Waals surface area contributed by atoms with Gasteiger partial charge in [-0.15, -0.1) is 0 Å². The van der Waals surface area contributed by atoms with Gasteiger partial charge < -0.3 is 16.5 Å². The molecule has 4 heteroatoms. The maximum absolute atomic E-state index is 10.1. The molecule has 0 saturated carbocycles. The van der Waals surface area contributed by atoms with E-state index < -0.39 is 0 Å². The van der Waals surface area contributed by atoms with Gasteiger partial charge in [0.05, 0.1) is 0 Å². The highest BCUT2D eigenvalue weighted by atomic mass is 16.1. The third kappa shape index (κ3) is 3.47. The summed E-state index contributed by atoms with van der Waals surface area (Å²) in [6, 6.07) is 7.87. The summed E-state index contributed by atoms with van der Waals surface area (Å²) in [5.41, 5.74) is 7.63. The van der Waals surface area contributed by atoms with E-state index in [1.165, 1.54) is 6.21 Å². The van der Waals surface area contributed by atoms with Crippen molar-refractivity contribution >= 4 is 12.6 Å². The Bertz CT molecular complexity index is 335. The highest BCUT2D eigenvalue weighted by Crippen LogP contribution is 2.17. The number of hydrogen-bond acceptors (Lipinski definition) is 3. The molecule has 16 heavy (non-hydrogen) atoms. The van der Waals surface area contributed by atoms with Crippen LogP contribution in [0.3, 0.4) is 0 Å². The quantitative estimate of drug-likeness (QED) is 0.473. The molecular formula is C12H17N3O. The standard InChI is InChI=1S/C12H17N3O/c13-6-5-12(7-14)11-3-1-10(2-4-11)8-15-9-16/h1-4,7,9,12,14H,5-6,8,13H2,(H,15,16). The molecule has 0 heterocycles. The molecule has 0 fully saturated rings. The fourth-order valence-electron chi connectivity index (χ4n) is 1.57. The predicted octanol–water partition coefficient (Wildman–Crippen LogP) is 1.01. The lowest BCUT2D eigenvalue weighted by Gasteiger charge is -2.11. The first-order valence-electron chi connectivity index (χ1n) is 5.28. The third-order valence-electron chi connectivity index (χ3n) is 2.48. The molecule has 0 aliphatic rings. The molecule has 0 saturated heterocycles. The molecule has 1 amide bonds. The zero-order chi connectivity index (χ0) is 11.8. The third-order valence-corrected chi connectivity index (χ3v) is 2.48. The Labute approximate surface area is 95.4 Å². The van der Waals surface area contributed by atoms with E-state index in [0.29, 0.717) is 19.5 Å². The van der Waals surface area contributed by atoms with Crippen molar-refractivity contribution in [1.82, 2.24) is 5.32 Å². The molecule has 1 atom stereocenters. The lowest BCUT2D eigenvalue weighted by molar-refractivity contribution is -0.109. The van der Waals surface area contributed by atoms with E-state index >= 15 is 0 Å². The average Bonchev–Trinajstić information content (AvgIpc) is 2.34. The lowest BCUT2D eigenvalue weighted by Crippen LogP contribution is -2.10. The van der Waals surface area contributed by atoms with Gasteiger partial charge in [-0.05, 0) is 24.1 Å². The Morgan fingerprint density at radius 1 is 1.38 bits per heavy atom. The smallest absolute Gasteiger partial charge is 0.207 e. The maximum atomic E-state index is 10.1. The van der Waals surface area contributed by atoms with Gasteiger partial charge in [-0.25, -0.2) is 0 Å². The van der Waals surface area contributed by atoms with Crippen LogP contribution >= 0.6 is 0 Å². The Morgan fingerprint density at radius 3 is 2.56 bits per heavy atom. The van der Waals surface area contributed by atoms with Gasteiger partial charge in [0.2, 0.25) is 6.41 Å². The first kappa shape index (κ1) is 12.4. The molecule has 0 bridgehead atoms. The van der Waals surface area contributed by atoms with Gasteiger partial charge in [-0.1, -0.05) is 24.3 Å². The van der Waals surface area contributed by atoms with Crippen LogP contribution in [0.15, 0.2) is 24.3 Å². The number of nitrogens with two attached hydrogens (primary N) is 1. The first-order chi connectivity index (χ1) is 7.81. The van der Waals surface area contributed by atoms with Crippen molar-refractivity contribution in [2.45, 2.75) is 18.9 Å². The first-order valence-corrected chi connectivity index (χ1v) is 5.28. The van der Waals surface area contributed by atoms with Crippen LogP contribution in [0, 0.1) is 5.41 Å². The highest BCUT2D eigenvalue weighted by molar-refractivity contribution is 5.64. The summed E-state index contributed by atoms with van der Waals surface area (Å²) < 4.78 is 0. The highest BCUT2D eigenvalue weighted by Gasteiger charge is 2.06. The number of nitrogens with one attached hydrogen (secondary N) is 2. The van der Waals surface area contributed by atoms with E-state index in [1.54, 1.807) is 0 Å². The summed E-state index contributed by atoms with van der Waals surface area (Å²) in [5.74, 6) is 0.0954. The summed E-state index contributed by atoms with van der Waals surface area (Å²) in [6.45, 7) is 1.12. The van der Waals surface area contributed by atoms with Gasteiger partial charge in [0.15, 0.2) is 0 Å². The zero-order valence-electron chi connectivity index (χ0n) is 9.15. The molecule has 1 rings (SSSR count). The van der Waals surface area contributed by atoms with Crippen molar-refractivity contribution in [2.75, 3.05) is 6.54 Å². The molecular weight excluding hydrogens is 202 g/mol. The summed E-state index contributed by atoms with van der Waals surface area (Å²) in [4.78, 5) is 10.1. The van der Waals surface area contributed by atoms with E-state index in [4.69, 9.17) is 11.1 Å². The van der Waals surface area contributed by atoms with Crippen LogP contribution in [-0.4, -0.2) is 19.2 Å². The van der Waals surface area contributed by atoms with Crippen molar-refractivity contribution < 1.29 is 4.79 Å². The van der Waals surface area contributed by atoms with Crippen LogP contribution in [0.5, 0.6) is 0 Å². The number of carbonyl (C=O) groups is 1. The number of rotatable bonds is 7.